The van der Waals surface area contributed by atoms with Crippen LogP contribution < -0.4 is 22.1 Å². The molecule has 4 aromatic heterocycles. The van der Waals surface area contributed by atoms with Gasteiger partial charge in [-0.25, -0.2) is 24.1 Å². The molecule has 7 heterocycles. The van der Waals surface area contributed by atoms with E-state index in [0.29, 0.717) is 186 Å². The van der Waals surface area contributed by atoms with E-state index in [1.807, 2.05) is 56.5 Å². The lowest BCUT2D eigenvalue weighted by Crippen LogP contribution is -2.61. The van der Waals surface area contributed by atoms with Gasteiger partial charge in [0.05, 0.1) is 127 Å². The molecule has 9 rings (SSSR count). The van der Waals surface area contributed by atoms with Crippen LogP contribution in [0.4, 0.5) is 5.82 Å². The van der Waals surface area contributed by atoms with Crippen LogP contribution in [0.1, 0.15) is 163 Å². The molecule has 35 heteroatoms. The van der Waals surface area contributed by atoms with Crippen LogP contribution in [-0.4, -0.2) is 286 Å². The first-order valence-corrected chi connectivity index (χ1v) is 44.4. The number of aromatic hydroxyl groups is 1. The second-order valence-electron chi connectivity index (χ2n) is 33.4. The molecule has 0 unspecified atom stereocenters. The normalized spacial score (nSPS) is 26.0. The minimum atomic E-state index is -2.49. The molecule has 4 aliphatic rings. The summed E-state index contributed by atoms with van der Waals surface area (Å²) in [6.07, 6.45) is 16.7. The number of aliphatic hydroxyl groups is 3. The number of aliphatic hydroxyl groups excluding tert-OH is 2. The van der Waals surface area contributed by atoms with Crippen molar-refractivity contribution < 1.29 is 106 Å². The highest BCUT2D eigenvalue weighted by Crippen LogP contribution is 2.39. The molecule has 692 valence electrons. The lowest BCUT2D eigenvalue weighted by atomic mass is 9.80. The number of benzene rings is 1. The van der Waals surface area contributed by atoms with Crippen molar-refractivity contribution in [2.75, 3.05) is 125 Å². The number of carbonyl (C=O) groups excluding carboxylic acids is 7. The predicted molar refractivity (Wildman–Crippen MR) is 464 cm³/mol. The molecule has 15 atom stereocenters. The van der Waals surface area contributed by atoms with Gasteiger partial charge in [0.2, 0.25) is 17.6 Å². The van der Waals surface area contributed by atoms with Crippen molar-refractivity contribution in [3.63, 3.8) is 0 Å². The van der Waals surface area contributed by atoms with Gasteiger partial charge in [-0.1, -0.05) is 69.4 Å². The van der Waals surface area contributed by atoms with Crippen LogP contribution in [0.2, 0.25) is 0 Å². The fraction of sp³-hybridized carbons (Fsp3) is 0.667. The summed E-state index contributed by atoms with van der Waals surface area (Å²) in [6, 6.07) is 4.85. The Morgan fingerprint density at radius 2 is 1.43 bits per heavy atom. The van der Waals surface area contributed by atoms with Gasteiger partial charge in [0, 0.05) is 114 Å². The van der Waals surface area contributed by atoms with Crippen molar-refractivity contribution in [3.05, 3.63) is 90.1 Å². The number of carbonyl (C=O) groups is 7. The maximum absolute atomic E-state index is 14.7. The van der Waals surface area contributed by atoms with Crippen LogP contribution in [0.25, 0.3) is 33.3 Å². The zero-order valence-corrected chi connectivity index (χ0v) is 74.0. The van der Waals surface area contributed by atoms with Gasteiger partial charge in [0.1, 0.15) is 53.7 Å². The lowest BCUT2D eigenvalue weighted by molar-refractivity contribution is -0.265. The number of H-pyrrole nitrogens is 1. The average molecular weight is 1750 g/mol. The van der Waals surface area contributed by atoms with Gasteiger partial charge < -0.3 is 105 Å². The first-order chi connectivity index (χ1) is 60.2. The summed E-state index contributed by atoms with van der Waals surface area (Å²) in [6.45, 7) is 16.8. The number of phenolic OH excluding ortho intramolecular Hbond substituents is 1. The Balaban J connectivity index is 0.596. The number of esters is 1. The van der Waals surface area contributed by atoms with Crippen molar-refractivity contribution >= 4 is 68.8 Å². The largest absolute Gasteiger partial charge is 0.508 e. The fourth-order valence-corrected chi connectivity index (χ4v) is 16.3. The summed E-state index contributed by atoms with van der Waals surface area (Å²) >= 11 is 0. The van der Waals surface area contributed by atoms with Crippen LogP contribution in [0, 0.1) is 29.6 Å². The number of hydrogen-bond donors (Lipinski definition) is 9. The maximum Gasteiger partial charge on any atom is 0.329 e. The highest BCUT2D eigenvalue weighted by atomic mass is 16.6. The van der Waals surface area contributed by atoms with Crippen LogP contribution >= 0.6 is 0 Å². The molecule has 1 saturated carbocycles. The number of aromatic amines is 1. The molecule has 11 N–H and O–H groups in total. The maximum atomic E-state index is 14.7. The van der Waals surface area contributed by atoms with Gasteiger partial charge in [-0.05, 0) is 157 Å². The van der Waals surface area contributed by atoms with Gasteiger partial charge in [-0.3, -0.25) is 28.8 Å². The molecular weight excluding hydrogens is 1620 g/mol. The van der Waals surface area contributed by atoms with Gasteiger partial charge in [-0.2, -0.15) is 5.10 Å². The lowest BCUT2D eigenvalue weighted by Gasteiger charge is -2.42. The zero-order valence-electron chi connectivity index (χ0n) is 74.0. The van der Waals surface area contributed by atoms with E-state index in [2.05, 4.69) is 35.9 Å². The minimum Gasteiger partial charge on any atom is -0.508 e. The standard InChI is InChI=1S/C90H135N13O22/c1-58-18-10-9-11-19-59(2)75(115-7)54-68-25-22-63(6)90(114,125-68)85(111)88(112)102-32-15-12-21-72(102)89(113)124-76(55-73(105)60(3)49-62(5)83(109)84(110)82(108)61(4)48-58)69(91)50-64-23-27-74(77(51-64)116-8)123-35-17-13-20-66-56-101(100-98-66)34-39-120-43-47-122-45-41-118-37-29-79(107)94-31-38-119-42-46-121-44-40-117-36-28-78(106)93-30-14-16-33-103-87-80(86(92)95-57-96-87)81(99-103)71-53-65-52-67(104)24-26-70(65)97-71/h9-11,18-19,24,26,49,52-53,56-58,60-61,63-64,68-69,72,74-77,83-84,97,104,109-110,114H,12-17,20-23,25,27-48,50-51,54-55,91H2,1-8H3,(H,93,106)(H,94,107)(H2,92,95,96)/b11-9?,18-10+,59-19?,62-49+/t58-,60-,61-,63-,64+,68+,69-,72+,74-,75+,76+,77-,83-,84+,90-/m1/s1. The van der Waals surface area contributed by atoms with Crippen molar-refractivity contribution in [2.45, 2.75) is 237 Å². The third-order valence-corrected chi connectivity index (χ3v) is 23.7. The smallest absolute Gasteiger partial charge is 0.329 e. The van der Waals surface area contributed by atoms with E-state index in [-0.39, 0.29) is 99.0 Å². The summed E-state index contributed by atoms with van der Waals surface area (Å²) in [4.78, 5) is 109. The molecule has 35 nitrogen and oxygen atoms in total. The molecule has 2 bridgehead atoms. The van der Waals surface area contributed by atoms with E-state index in [9.17, 15) is 54.0 Å². The number of fused-ring (bicyclic) bond motifs is 5. The number of allylic oxidation sites excluding steroid dienone is 6. The van der Waals surface area contributed by atoms with E-state index in [1.54, 1.807) is 62.6 Å². The molecule has 3 fully saturated rings. The Hall–Kier alpha value is -8.66. The molecule has 0 spiro atoms. The first kappa shape index (κ1) is 100. The van der Waals surface area contributed by atoms with Crippen molar-refractivity contribution in [1.82, 2.24) is 55.3 Å². The number of nitrogens with two attached hydrogens (primary N) is 2. The number of unbranched alkanes of at least 4 members (excludes halogenated alkanes) is 2. The van der Waals surface area contributed by atoms with Crippen LogP contribution in [0.5, 0.6) is 5.75 Å². The van der Waals surface area contributed by atoms with E-state index >= 15 is 0 Å². The topological polar surface area (TPSA) is 471 Å². The summed E-state index contributed by atoms with van der Waals surface area (Å²) in [5.74, 6) is -8.71. The number of nitrogen functional groups attached to an aromatic ring is 1. The fourth-order valence-electron chi connectivity index (χ4n) is 16.3. The molecule has 1 aromatic carbocycles. The number of cyclic esters (lactones) is 1. The van der Waals surface area contributed by atoms with E-state index < -0.39 is 95.4 Å². The monoisotopic (exact) mass is 1750 g/mol. The Morgan fingerprint density at radius 1 is 0.728 bits per heavy atom. The van der Waals surface area contributed by atoms with Gasteiger partial charge in [0.25, 0.3) is 11.7 Å². The zero-order chi connectivity index (χ0) is 89.8. The molecule has 0 radical (unpaired) electrons. The first-order valence-electron chi connectivity index (χ1n) is 44.4. The number of nitrogens with zero attached hydrogens (tertiary/aromatic N) is 8. The van der Waals surface area contributed by atoms with Crippen molar-refractivity contribution in [3.8, 4) is 17.1 Å². The summed E-state index contributed by atoms with van der Waals surface area (Å²) in [5, 5.41) is 65.2. The number of aryl methyl sites for hydroxylation is 2. The number of nitrogens with one attached hydrogen (secondary N) is 3. The number of ketones is 3. The van der Waals surface area contributed by atoms with Crippen molar-refractivity contribution in [2.24, 2.45) is 35.3 Å². The Labute approximate surface area is 732 Å². The number of ether oxygens (including phenoxy) is 11. The quantitative estimate of drug-likeness (QED) is 0.00820. The second kappa shape index (κ2) is 52.0. The van der Waals surface area contributed by atoms with Crippen molar-refractivity contribution in [1.29, 1.82) is 0 Å². The minimum absolute atomic E-state index is 0.0221. The van der Waals surface area contributed by atoms with E-state index in [1.165, 1.54) is 19.3 Å². The van der Waals surface area contributed by atoms with Gasteiger partial charge >= 0.3 is 5.97 Å². The van der Waals surface area contributed by atoms with Crippen LogP contribution in [0.15, 0.2) is 84.4 Å². The number of rotatable bonds is 41. The molecule has 3 aliphatic heterocycles. The third kappa shape index (κ3) is 31.1. The predicted octanol–water partition coefficient (Wildman–Crippen LogP) is 7.02. The van der Waals surface area contributed by atoms with Gasteiger partial charge in [-0.15, -0.1) is 5.10 Å². The Kier molecular flexibility index (Phi) is 41.6. The molecule has 2 saturated heterocycles. The Morgan fingerprint density at radius 3 is 2.15 bits per heavy atom. The summed E-state index contributed by atoms with van der Waals surface area (Å²) in [7, 11) is 3.19. The number of Topliss-reactive ketones (excluding diaryl/α,β-unsaturated/α-hetero) is 3. The molecule has 1 aliphatic carbocycles. The second-order valence-corrected chi connectivity index (χ2v) is 33.4. The number of amides is 3. The summed E-state index contributed by atoms with van der Waals surface area (Å²) < 4.78 is 68.0. The molecular formula is C90H135N13O22. The number of methoxy groups -OCH3 is 2. The highest BCUT2D eigenvalue weighted by molar-refractivity contribution is 6.39. The molecule has 3 amide bonds. The van der Waals surface area contributed by atoms with E-state index in [4.69, 9.17) is 68.7 Å². The highest BCUT2D eigenvalue weighted by Gasteiger charge is 2.53. The van der Waals surface area contributed by atoms with Crippen LogP contribution in [0.3, 0.4) is 0 Å². The van der Waals surface area contributed by atoms with Crippen LogP contribution in [-0.2, 0) is 105 Å². The number of piperidine rings is 1. The average Bonchev–Trinajstić information content (AvgIpc) is 1.62. The third-order valence-electron chi connectivity index (χ3n) is 23.7. The number of aromatic nitrogens is 8. The SMILES string of the molecule is CO[C@H]1C[C@@H]2CC[C@@H](C)[C@@](O)(O2)C(=O)C(=O)N2CCCC[C@H]2C(=O)O[C@H]([C@H](N)C[C@@H]2CC[C@@H](OCCCCc3cn(CCOCCOCCOCCC(=O)NCCOCCOCCOCCC(=O)NCCCCn4nc(-c5cc6cc(O)ccc6[nH]5)c5c(N)ncnc54)nn3)[C@H](OC)C2)CC(=O)[C@H](C)/C=C(\C)[C@@H](O)[C@@H](O)C(=O)[C@H](C)C[C@H](C)/C=C/C=CC=C1C. The Bertz CT molecular complexity index is 4360. The molecule has 5 aromatic rings. The molecule has 125 heavy (non-hydrogen) atoms. The number of anilines is 1. The van der Waals surface area contributed by atoms with Gasteiger partial charge in [0.15, 0.2) is 11.4 Å². The van der Waals surface area contributed by atoms with E-state index in [0.717, 1.165) is 58.4 Å². The number of phenols is 1. The number of hydrogen-bond acceptors (Lipinski definition) is 29. The summed E-state index contributed by atoms with van der Waals surface area (Å²) in [5.41, 5.74) is 18.0.